The van der Waals surface area contributed by atoms with Crippen LogP contribution in [0.4, 0.5) is 18.9 Å². The molecule has 4 rings (SSSR count). The first-order valence-corrected chi connectivity index (χ1v) is 12.0. The van der Waals surface area contributed by atoms with Crippen LogP contribution in [0.5, 0.6) is 11.6 Å². The van der Waals surface area contributed by atoms with E-state index in [1.807, 2.05) is 18.2 Å². The van der Waals surface area contributed by atoms with E-state index in [-0.39, 0.29) is 28.6 Å². The van der Waals surface area contributed by atoms with Gasteiger partial charge in [-0.15, -0.1) is 0 Å². The predicted molar refractivity (Wildman–Crippen MR) is 142 cm³/mol. The maximum Gasteiger partial charge on any atom is 0.429 e. The second-order valence-electron chi connectivity index (χ2n) is 8.24. The number of ether oxygens (including phenoxy) is 2. The Kier molecular flexibility index (Phi) is 8.73. The van der Waals surface area contributed by atoms with Crippen LogP contribution in [0.25, 0.3) is 0 Å². The Morgan fingerprint density at radius 2 is 1.56 bits per heavy atom. The van der Waals surface area contributed by atoms with E-state index in [9.17, 15) is 18.0 Å². The molecule has 0 aliphatic carbocycles. The van der Waals surface area contributed by atoms with Crippen LogP contribution in [-0.4, -0.2) is 28.6 Å². The summed E-state index contributed by atoms with van der Waals surface area (Å²) in [5.41, 5.74) is -0.0705. The zero-order valence-electron chi connectivity index (χ0n) is 20.3. The summed E-state index contributed by atoms with van der Waals surface area (Å²) in [7, 11) is 0. The van der Waals surface area contributed by atoms with Crippen LogP contribution in [0.1, 0.15) is 27.9 Å². The molecule has 39 heavy (non-hydrogen) atoms. The van der Waals surface area contributed by atoms with Gasteiger partial charge in [0.25, 0.3) is 0 Å². The van der Waals surface area contributed by atoms with Crippen LogP contribution >= 0.6 is 11.6 Å². The molecular weight excluding hydrogens is 531 g/mol. The number of nitrogens with one attached hydrogen (secondary N) is 1. The fourth-order valence-electron chi connectivity index (χ4n) is 3.36. The van der Waals surface area contributed by atoms with Gasteiger partial charge in [-0.2, -0.15) is 13.2 Å². The molecule has 10 heteroatoms. The number of pyridine rings is 1. The fraction of sp³-hybridized carbons (Fsp3) is 0.103. The number of hydrogen-bond acceptors (Lipinski definition) is 6. The van der Waals surface area contributed by atoms with Gasteiger partial charge in [-0.1, -0.05) is 54.1 Å². The van der Waals surface area contributed by atoms with E-state index >= 15 is 0 Å². The van der Waals surface area contributed by atoms with Crippen LogP contribution < -0.4 is 4.74 Å². The lowest BCUT2D eigenvalue weighted by Crippen LogP contribution is -2.25. The molecule has 0 spiro atoms. The summed E-state index contributed by atoms with van der Waals surface area (Å²) in [4.78, 5) is 21.0. The van der Waals surface area contributed by atoms with Crippen LogP contribution in [0.15, 0.2) is 102 Å². The summed E-state index contributed by atoms with van der Waals surface area (Å²) in [6, 6.07) is 24.7. The highest BCUT2D eigenvalue weighted by molar-refractivity contribution is 6.33. The standard InChI is InChI=1S/C29H21ClF3N3O3/c30-23-8-4-5-9-24(23)36-25(16-26(34)29(31,32)33)20-11-13-21(14-12-20)28(37)38-18-19-10-15-27(35-17-19)39-22-6-2-1-3-7-22/h1-15,17,34H,16,18H2. The van der Waals surface area contributed by atoms with Gasteiger partial charge in [-0.3, -0.25) is 4.99 Å². The van der Waals surface area contributed by atoms with Gasteiger partial charge in [0.1, 0.15) is 18.1 Å². The second-order valence-corrected chi connectivity index (χ2v) is 8.64. The van der Waals surface area contributed by atoms with Crippen molar-refractivity contribution in [3.63, 3.8) is 0 Å². The number of rotatable bonds is 9. The van der Waals surface area contributed by atoms with Gasteiger partial charge in [0.05, 0.1) is 22.0 Å². The molecule has 0 fully saturated rings. The van der Waals surface area contributed by atoms with Gasteiger partial charge in [-0.05, 0) is 48.0 Å². The van der Waals surface area contributed by atoms with Gasteiger partial charge in [0.15, 0.2) is 0 Å². The number of aliphatic imine (C=N–C) groups is 1. The number of benzene rings is 3. The maximum absolute atomic E-state index is 13.1. The van der Waals surface area contributed by atoms with Crippen molar-refractivity contribution < 1.29 is 27.4 Å². The van der Waals surface area contributed by atoms with Crippen molar-refractivity contribution in [1.29, 1.82) is 5.41 Å². The number of aromatic nitrogens is 1. The molecule has 3 aromatic carbocycles. The minimum Gasteiger partial charge on any atom is -0.457 e. The zero-order valence-corrected chi connectivity index (χ0v) is 21.0. The average Bonchev–Trinajstić information content (AvgIpc) is 2.93. The van der Waals surface area contributed by atoms with Gasteiger partial charge < -0.3 is 14.9 Å². The van der Waals surface area contributed by atoms with Gasteiger partial charge in [0.2, 0.25) is 5.88 Å². The highest BCUT2D eigenvalue weighted by Crippen LogP contribution is 2.27. The van der Waals surface area contributed by atoms with Gasteiger partial charge in [0, 0.05) is 24.2 Å². The third-order valence-corrected chi connectivity index (χ3v) is 5.70. The molecule has 198 valence electrons. The Morgan fingerprint density at radius 3 is 2.21 bits per heavy atom. The normalized spacial score (nSPS) is 11.6. The first-order chi connectivity index (χ1) is 18.7. The fourth-order valence-corrected chi connectivity index (χ4v) is 3.54. The molecule has 0 saturated heterocycles. The molecule has 1 aromatic heterocycles. The number of para-hydroxylation sites is 2. The number of halogens is 4. The van der Waals surface area contributed by atoms with Crippen molar-refractivity contribution in [2.24, 2.45) is 4.99 Å². The molecule has 1 heterocycles. The quantitative estimate of drug-likeness (QED) is 0.169. The van der Waals surface area contributed by atoms with E-state index in [1.165, 1.54) is 30.5 Å². The number of carbonyl (C=O) groups is 1. The Hall–Kier alpha value is -4.50. The van der Waals surface area contributed by atoms with Crippen LogP contribution in [-0.2, 0) is 11.3 Å². The van der Waals surface area contributed by atoms with E-state index < -0.39 is 24.3 Å². The Morgan fingerprint density at radius 1 is 0.897 bits per heavy atom. The monoisotopic (exact) mass is 551 g/mol. The summed E-state index contributed by atoms with van der Waals surface area (Å²) in [5, 5.41) is 7.68. The minimum absolute atomic E-state index is 0.0192. The second kappa shape index (κ2) is 12.4. The highest BCUT2D eigenvalue weighted by atomic mass is 35.5. The Balaban J connectivity index is 1.43. The number of hydrogen-bond donors (Lipinski definition) is 1. The first kappa shape index (κ1) is 27.5. The Labute approximate surface area is 227 Å². The van der Waals surface area contributed by atoms with E-state index in [1.54, 1.807) is 48.5 Å². The molecular formula is C29H21ClF3N3O3. The van der Waals surface area contributed by atoms with Gasteiger partial charge in [-0.25, -0.2) is 9.78 Å². The molecule has 0 bridgehead atoms. The molecule has 0 radical (unpaired) electrons. The molecule has 4 aromatic rings. The molecule has 6 nitrogen and oxygen atoms in total. The van der Waals surface area contributed by atoms with E-state index in [2.05, 4.69) is 9.98 Å². The smallest absolute Gasteiger partial charge is 0.429 e. The van der Waals surface area contributed by atoms with Gasteiger partial charge >= 0.3 is 12.1 Å². The zero-order chi connectivity index (χ0) is 27.8. The minimum atomic E-state index is -4.80. The summed E-state index contributed by atoms with van der Waals surface area (Å²) >= 11 is 6.12. The van der Waals surface area contributed by atoms with Crippen molar-refractivity contribution in [1.82, 2.24) is 4.98 Å². The number of nitrogens with zero attached hydrogens (tertiary/aromatic N) is 2. The number of esters is 1. The number of alkyl halides is 3. The lowest BCUT2D eigenvalue weighted by atomic mass is 10.0. The highest BCUT2D eigenvalue weighted by Gasteiger charge is 2.35. The third-order valence-electron chi connectivity index (χ3n) is 5.38. The summed E-state index contributed by atoms with van der Waals surface area (Å²) < 4.78 is 50.2. The van der Waals surface area contributed by atoms with Crippen molar-refractivity contribution >= 4 is 34.7 Å². The Bertz CT molecular complexity index is 1470. The van der Waals surface area contributed by atoms with Crippen molar-refractivity contribution in [2.45, 2.75) is 19.2 Å². The molecule has 0 unspecified atom stereocenters. The molecule has 0 saturated carbocycles. The molecule has 0 aliphatic rings. The van der Waals surface area contributed by atoms with E-state index in [0.29, 0.717) is 22.8 Å². The largest absolute Gasteiger partial charge is 0.457 e. The first-order valence-electron chi connectivity index (χ1n) is 11.6. The van der Waals surface area contributed by atoms with E-state index in [4.69, 9.17) is 26.5 Å². The molecule has 0 amide bonds. The summed E-state index contributed by atoms with van der Waals surface area (Å²) in [5.74, 6) is 0.404. The molecule has 1 N–H and O–H groups in total. The average molecular weight is 552 g/mol. The topological polar surface area (TPSA) is 84.6 Å². The summed E-state index contributed by atoms with van der Waals surface area (Å²) in [6.07, 6.45) is -4.04. The summed E-state index contributed by atoms with van der Waals surface area (Å²) in [6.45, 7) is -0.0405. The molecule has 0 atom stereocenters. The third kappa shape index (κ3) is 7.75. The molecule has 0 aliphatic heterocycles. The van der Waals surface area contributed by atoms with Crippen molar-refractivity contribution in [3.8, 4) is 11.6 Å². The van der Waals surface area contributed by atoms with Crippen LogP contribution in [0.2, 0.25) is 5.02 Å². The maximum atomic E-state index is 13.1. The SMILES string of the molecule is N=C(CC(=Nc1ccccc1Cl)c1ccc(C(=O)OCc2ccc(Oc3ccccc3)nc2)cc1)C(F)(F)F. The predicted octanol–water partition coefficient (Wildman–Crippen LogP) is 7.98. The lowest BCUT2D eigenvalue weighted by molar-refractivity contribution is -0.0605. The van der Waals surface area contributed by atoms with Crippen LogP contribution in [0, 0.1) is 5.41 Å². The lowest BCUT2D eigenvalue weighted by Gasteiger charge is -2.12. The van der Waals surface area contributed by atoms with Crippen LogP contribution in [0.3, 0.4) is 0 Å². The van der Waals surface area contributed by atoms with Crippen molar-refractivity contribution in [3.05, 3.63) is 119 Å². The number of carbonyl (C=O) groups excluding carboxylic acids is 1. The van der Waals surface area contributed by atoms with Crippen molar-refractivity contribution in [2.75, 3.05) is 0 Å². The van der Waals surface area contributed by atoms with E-state index in [0.717, 1.165) is 0 Å².